The maximum Gasteiger partial charge on any atom is 0.238 e. The maximum atomic E-state index is 13.4. The summed E-state index contributed by atoms with van der Waals surface area (Å²) in [6.07, 6.45) is 0.861. The summed E-state index contributed by atoms with van der Waals surface area (Å²) in [6, 6.07) is 14.3. The molecule has 110 valence electrons. The average molecular weight is 286 g/mol. The van der Waals surface area contributed by atoms with Gasteiger partial charge in [0.05, 0.1) is 12.2 Å². The summed E-state index contributed by atoms with van der Waals surface area (Å²) in [5.74, 6) is -0.671. The largest absolute Gasteiger partial charge is 0.322 e. The van der Waals surface area contributed by atoms with E-state index in [2.05, 4.69) is 29.7 Å². The van der Waals surface area contributed by atoms with E-state index in [1.165, 1.54) is 17.2 Å². The molecule has 0 aliphatic rings. The third-order valence-electron chi connectivity index (χ3n) is 3.27. The zero-order chi connectivity index (χ0) is 15.1. The molecule has 0 bridgehead atoms. The Morgan fingerprint density at radius 3 is 2.57 bits per heavy atom. The Labute approximate surface area is 124 Å². The Morgan fingerprint density at radius 2 is 1.81 bits per heavy atom. The molecule has 4 heteroatoms. The van der Waals surface area contributed by atoms with E-state index in [0.717, 1.165) is 6.42 Å². The van der Waals surface area contributed by atoms with Gasteiger partial charge >= 0.3 is 0 Å². The van der Waals surface area contributed by atoms with Gasteiger partial charge in [-0.25, -0.2) is 4.39 Å². The van der Waals surface area contributed by atoms with E-state index in [1.807, 2.05) is 12.1 Å². The summed E-state index contributed by atoms with van der Waals surface area (Å²) < 4.78 is 13.4. The molecule has 1 amide bonds. The molecule has 21 heavy (non-hydrogen) atoms. The molecule has 2 aromatic rings. The molecule has 2 N–H and O–H groups in total. The Hall–Kier alpha value is -2.20. The zero-order valence-corrected chi connectivity index (χ0v) is 12.0. The molecule has 0 fully saturated rings. The van der Waals surface area contributed by atoms with Gasteiger partial charge in [0.25, 0.3) is 0 Å². The predicted octanol–water partition coefficient (Wildman–Crippen LogP) is 2.90. The first-order valence-electron chi connectivity index (χ1n) is 6.96. The van der Waals surface area contributed by atoms with Crippen LogP contribution in [0.2, 0.25) is 0 Å². The highest BCUT2D eigenvalue weighted by atomic mass is 19.1. The van der Waals surface area contributed by atoms with E-state index in [1.54, 1.807) is 18.2 Å². The zero-order valence-electron chi connectivity index (χ0n) is 12.0. The van der Waals surface area contributed by atoms with E-state index in [4.69, 9.17) is 0 Å². The van der Waals surface area contributed by atoms with Crippen LogP contribution in [0.4, 0.5) is 10.1 Å². The quantitative estimate of drug-likeness (QED) is 0.802. The van der Waals surface area contributed by atoms with Crippen molar-refractivity contribution >= 4 is 11.6 Å². The standard InChI is InChI=1S/C17H19FN2O/c1-13-6-2-3-7-14(13)10-11-19-12-17(21)20-16-9-5-4-8-15(16)18/h2-9,19H,10-12H2,1H3,(H,20,21). The molecule has 0 unspecified atom stereocenters. The number of benzene rings is 2. The summed E-state index contributed by atoms with van der Waals surface area (Å²) >= 11 is 0. The van der Waals surface area contributed by atoms with Crippen LogP contribution in [0.1, 0.15) is 11.1 Å². The molecule has 2 aromatic carbocycles. The highest BCUT2D eigenvalue weighted by Gasteiger charge is 2.05. The Balaban J connectivity index is 1.73. The minimum atomic E-state index is -0.425. The number of rotatable bonds is 6. The molecular formula is C17H19FN2O. The van der Waals surface area contributed by atoms with Gasteiger partial charge in [-0.15, -0.1) is 0 Å². The van der Waals surface area contributed by atoms with Gasteiger partial charge in [0.2, 0.25) is 5.91 Å². The Kier molecular flexibility index (Phi) is 5.46. The molecule has 0 saturated carbocycles. The molecule has 0 radical (unpaired) electrons. The van der Waals surface area contributed by atoms with E-state index in [0.29, 0.717) is 6.54 Å². The first-order chi connectivity index (χ1) is 10.2. The average Bonchev–Trinajstić information content (AvgIpc) is 2.48. The molecule has 0 atom stereocenters. The van der Waals surface area contributed by atoms with Gasteiger partial charge in [-0.3, -0.25) is 4.79 Å². The molecule has 0 aliphatic heterocycles. The monoisotopic (exact) mass is 286 g/mol. The number of anilines is 1. The molecule has 2 rings (SSSR count). The number of para-hydroxylation sites is 1. The van der Waals surface area contributed by atoms with Crippen LogP contribution in [0.3, 0.4) is 0 Å². The van der Waals surface area contributed by atoms with Crippen LogP contribution in [0.5, 0.6) is 0 Å². The number of halogens is 1. The van der Waals surface area contributed by atoms with Gasteiger partial charge in [0.1, 0.15) is 5.82 Å². The second-order valence-corrected chi connectivity index (χ2v) is 4.88. The van der Waals surface area contributed by atoms with Crippen molar-refractivity contribution < 1.29 is 9.18 Å². The van der Waals surface area contributed by atoms with Gasteiger partial charge in [-0.1, -0.05) is 36.4 Å². The van der Waals surface area contributed by atoms with Crippen LogP contribution in [-0.2, 0) is 11.2 Å². The van der Waals surface area contributed by atoms with Crippen LogP contribution in [0.15, 0.2) is 48.5 Å². The van der Waals surface area contributed by atoms with E-state index in [9.17, 15) is 9.18 Å². The second-order valence-electron chi connectivity index (χ2n) is 4.88. The lowest BCUT2D eigenvalue weighted by Crippen LogP contribution is -2.29. The summed E-state index contributed by atoms with van der Waals surface area (Å²) in [4.78, 5) is 11.7. The topological polar surface area (TPSA) is 41.1 Å². The number of amides is 1. The Bertz CT molecular complexity index is 613. The van der Waals surface area contributed by atoms with Gasteiger partial charge in [-0.05, 0) is 43.1 Å². The lowest BCUT2D eigenvalue weighted by atomic mass is 10.1. The molecule has 0 spiro atoms. The smallest absolute Gasteiger partial charge is 0.238 e. The molecule has 0 heterocycles. The van der Waals surface area contributed by atoms with Crippen LogP contribution >= 0.6 is 0 Å². The van der Waals surface area contributed by atoms with Crippen molar-refractivity contribution in [1.82, 2.24) is 5.32 Å². The fraction of sp³-hybridized carbons (Fsp3) is 0.235. The van der Waals surface area contributed by atoms with Gasteiger partial charge < -0.3 is 10.6 Å². The number of carbonyl (C=O) groups is 1. The van der Waals surface area contributed by atoms with Crippen molar-refractivity contribution in [2.45, 2.75) is 13.3 Å². The SMILES string of the molecule is Cc1ccccc1CCNCC(=O)Nc1ccccc1F. The molecule has 0 saturated heterocycles. The summed E-state index contributed by atoms with van der Waals surface area (Å²) in [7, 11) is 0. The Morgan fingerprint density at radius 1 is 1.10 bits per heavy atom. The van der Waals surface area contributed by atoms with Crippen LogP contribution in [-0.4, -0.2) is 19.0 Å². The minimum Gasteiger partial charge on any atom is -0.322 e. The molecular weight excluding hydrogens is 267 g/mol. The van der Waals surface area contributed by atoms with Crippen molar-refractivity contribution in [2.24, 2.45) is 0 Å². The first kappa shape index (κ1) is 15.2. The molecule has 3 nitrogen and oxygen atoms in total. The van der Waals surface area contributed by atoms with Crippen molar-refractivity contribution in [3.05, 3.63) is 65.5 Å². The van der Waals surface area contributed by atoms with Crippen LogP contribution in [0.25, 0.3) is 0 Å². The van der Waals surface area contributed by atoms with Gasteiger partial charge in [0, 0.05) is 0 Å². The lowest BCUT2D eigenvalue weighted by Gasteiger charge is -2.08. The third-order valence-corrected chi connectivity index (χ3v) is 3.27. The number of nitrogens with one attached hydrogen (secondary N) is 2. The van der Waals surface area contributed by atoms with E-state index in [-0.39, 0.29) is 18.1 Å². The second kappa shape index (κ2) is 7.55. The highest BCUT2D eigenvalue weighted by molar-refractivity contribution is 5.92. The number of carbonyl (C=O) groups excluding carboxylic acids is 1. The fourth-order valence-corrected chi connectivity index (χ4v) is 2.07. The normalized spacial score (nSPS) is 10.4. The van der Waals surface area contributed by atoms with E-state index >= 15 is 0 Å². The molecule has 0 aliphatic carbocycles. The summed E-state index contributed by atoms with van der Waals surface area (Å²) in [5.41, 5.74) is 2.72. The summed E-state index contributed by atoms with van der Waals surface area (Å²) in [6.45, 7) is 2.94. The van der Waals surface area contributed by atoms with Crippen molar-refractivity contribution in [3.63, 3.8) is 0 Å². The van der Waals surface area contributed by atoms with Gasteiger partial charge in [0.15, 0.2) is 0 Å². The minimum absolute atomic E-state index is 0.167. The summed E-state index contributed by atoms with van der Waals surface area (Å²) in [5, 5.41) is 5.61. The van der Waals surface area contributed by atoms with Crippen molar-refractivity contribution in [1.29, 1.82) is 0 Å². The van der Waals surface area contributed by atoms with Crippen molar-refractivity contribution in [3.8, 4) is 0 Å². The van der Waals surface area contributed by atoms with Crippen molar-refractivity contribution in [2.75, 3.05) is 18.4 Å². The third kappa shape index (κ3) is 4.68. The fourth-order valence-electron chi connectivity index (χ4n) is 2.07. The molecule has 0 aromatic heterocycles. The number of aryl methyl sites for hydroxylation is 1. The van der Waals surface area contributed by atoms with Crippen LogP contribution in [0, 0.1) is 12.7 Å². The maximum absolute atomic E-state index is 13.4. The number of hydrogen-bond acceptors (Lipinski definition) is 2. The van der Waals surface area contributed by atoms with Crippen LogP contribution < -0.4 is 10.6 Å². The first-order valence-corrected chi connectivity index (χ1v) is 6.96. The van der Waals surface area contributed by atoms with Gasteiger partial charge in [-0.2, -0.15) is 0 Å². The lowest BCUT2D eigenvalue weighted by molar-refractivity contribution is -0.115. The number of hydrogen-bond donors (Lipinski definition) is 2. The highest BCUT2D eigenvalue weighted by Crippen LogP contribution is 2.11. The van der Waals surface area contributed by atoms with E-state index < -0.39 is 5.82 Å². The predicted molar refractivity (Wildman–Crippen MR) is 82.8 cm³/mol.